The smallest absolute Gasteiger partial charge is 0.328 e. The van der Waals surface area contributed by atoms with Gasteiger partial charge in [0.1, 0.15) is 23.2 Å². The number of nitrogens with one attached hydrogen (secondary N) is 1. The van der Waals surface area contributed by atoms with E-state index in [1.807, 2.05) is 78.9 Å². The van der Waals surface area contributed by atoms with Crippen LogP contribution in [-0.2, 0) is 40.5 Å². The lowest BCUT2D eigenvalue weighted by molar-refractivity contribution is -0.0813. The molecule has 1 aromatic heterocycles. The van der Waals surface area contributed by atoms with Crippen LogP contribution >= 0.6 is 8.53 Å². The molecule has 3 aliphatic heterocycles. The number of aromatic nitrogens is 2. The minimum Gasteiger partial charge on any atom is -0.497 e. The maximum Gasteiger partial charge on any atom is 0.328 e. The van der Waals surface area contributed by atoms with Gasteiger partial charge in [0, 0.05) is 31.3 Å². The quantitative estimate of drug-likeness (QED) is 0.103. The summed E-state index contributed by atoms with van der Waals surface area (Å²) in [5, 5.41) is 0. The molecule has 3 fully saturated rings. The van der Waals surface area contributed by atoms with E-state index >= 15 is 0 Å². The van der Waals surface area contributed by atoms with E-state index in [0.29, 0.717) is 24.5 Å². The number of nitrogens with zero attached hydrogens (tertiary/aromatic N) is 2. The minimum atomic E-state index is -3.63. The predicted octanol–water partition coefficient (Wildman–Crippen LogP) is 5.67. The number of fused-ring (bicyclic) bond motifs is 1. The average Bonchev–Trinajstić information content (AvgIpc) is 3.98. The van der Waals surface area contributed by atoms with Gasteiger partial charge in [-0.2, -0.15) is 0 Å². The zero-order valence-electron chi connectivity index (χ0n) is 32.2. The van der Waals surface area contributed by atoms with Crippen LogP contribution in [0.2, 0.25) is 0 Å². The molecule has 3 saturated heterocycles. The van der Waals surface area contributed by atoms with Gasteiger partial charge in [0.2, 0.25) is 0 Å². The van der Waals surface area contributed by atoms with Crippen molar-refractivity contribution in [3.63, 3.8) is 0 Å². The van der Waals surface area contributed by atoms with E-state index < -0.39 is 59.6 Å². The molecule has 0 unspecified atom stereocenters. The molecular weight excluding hydrogens is 782 g/mol. The van der Waals surface area contributed by atoms with E-state index in [1.165, 1.54) is 12.3 Å². The van der Waals surface area contributed by atoms with Gasteiger partial charge in [-0.3, -0.25) is 9.36 Å². The highest BCUT2D eigenvalue weighted by atomic mass is 32.2. The third-order valence-electron chi connectivity index (χ3n) is 11.1. The van der Waals surface area contributed by atoms with E-state index in [9.17, 15) is 18.0 Å². The summed E-state index contributed by atoms with van der Waals surface area (Å²) in [6.07, 6.45) is 0.877. The normalized spacial score (nSPS) is 23.5. The maximum absolute atomic E-state index is 13.5. The number of hydrogen-bond donors (Lipinski definition) is 1. The number of methoxy groups -OCH3 is 2. The largest absolute Gasteiger partial charge is 0.497 e. The van der Waals surface area contributed by atoms with Gasteiger partial charge in [-0.05, 0) is 65.9 Å². The Bertz CT molecular complexity index is 2300. The van der Waals surface area contributed by atoms with Crippen LogP contribution in [0, 0.1) is 0 Å². The molecule has 0 radical (unpaired) electrons. The zero-order chi connectivity index (χ0) is 40.3. The Hall–Kier alpha value is -4.66. The summed E-state index contributed by atoms with van der Waals surface area (Å²) >= 11 is 0. The summed E-state index contributed by atoms with van der Waals surface area (Å²) in [6, 6.07) is 35.0. The van der Waals surface area contributed by atoms with Crippen molar-refractivity contribution in [1.82, 2.24) is 14.2 Å². The Kier molecular flexibility index (Phi) is 12.0. The maximum atomic E-state index is 13.5. The Morgan fingerprint density at radius 3 is 2.05 bits per heavy atom. The molecule has 58 heavy (non-hydrogen) atoms. The van der Waals surface area contributed by atoms with Crippen LogP contribution in [0.3, 0.4) is 0 Å². The third kappa shape index (κ3) is 8.15. The molecule has 15 heteroatoms. The molecule has 5 aromatic rings. The summed E-state index contributed by atoms with van der Waals surface area (Å²) in [5.41, 5.74) is 0.407. The molecule has 6 atom stereocenters. The highest BCUT2D eigenvalue weighted by Gasteiger charge is 2.51. The second-order valence-electron chi connectivity index (χ2n) is 14.6. The highest BCUT2D eigenvalue weighted by Crippen LogP contribution is 2.58. The van der Waals surface area contributed by atoms with Gasteiger partial charge in [0.15, 0.2) is 9.84 Å². The molecule has 1 N–H and O–H groups in total. The Balaban J connectivity index is 1.12. The number of H-pyrrole nitrogens is 1. The molecule has 0 saturated carbocycles. The molecule has 4 heterocycles. The molecule has 0 aliphatic carbocycles. The predicted molar refractivity (Wildman–Crippen MR) is 218 cm³/mol. The number of benzene rings is 4. The van der Waals surface area contributed by atoms with Crippen LogP contribution in [0.1, 0.15) is 36.0 Å². The second kappa shape index (κ2) is 17.3. The van der Waals surface area contributed by atoms with Crippen molar-refractivity contribution < 1.29 is 36.4 Å². The highest BCUT2D eigenvalue weighted by molar-refractivity contribution is 7.91. The molecule has 8 rings (SSSR count). The van der Waals surface area contributed by atoms with Gasteiger partial charge in [0.25, 0.3) is 14.1 Å². The Morgan fingerprint density at radius 1 is 0.810 bits per heavy atom. The topological polar surface area (TPSA) is 148 Å². The molecular formula is C43H46N3O10PS. The van der Waals surface area contributed by atoms with E-state index in [0.717, 1.165) is 34.1 Å². The van der Waals surface area contributed by atoms with Crippen molar-refractivity contribution in [2.45, 2.75) is 66.8 Å². The SMILES string of the molecule is COc1ccc(C(OC[C@H]2O[C@@H](Cn3c(=O)cc[nH]c3=O)C[C@@H]2O[P@]2O[C@H](CS(=O)(=O)c3ccccc3)[C@@H]3CCCN32)(c2ccccc2)c2ccc(OC)cc2)cc1. The van der Waals surface area contributed by atoms with Gasteiger partial charge in [-0.1, -0.05) is 72.8 Å². The van der Waals surface area contributed by atoms with Crippen LogP contribution in [0.25, 0.3) is 0 Å². The number of aromatic amines is 1. The molecule has 13 nitrogen and oxygen atoms in total. The third-order valence-corrected chi connectivity index (χ3v) is 14.7. The lowest BCUT2D eigenvalue weighted by Crippen LogP contribution is -2.39. The van der Waals surface area contributed by atoms with Crippen molar-refractivity contribution in [3.05, 3.63) is 159 Å². The molecule has 0 bridgehead atoms. The first-order chi connectivity index (χ1) is 28.2. The fraction of sp³-hybridized carbons (Fsp3) is 0.349. The fourth-order valence-corrected chi connectivity index (χ4v) is 11.8. The molecule has 304 valence electrons. The van der Waals surface area contributed by atoms with E-state index in [-0.39, 0.29) is 29.8 Å². The molecule has 3 aliphatic rings. The Labute approximate surface area is 338 Å². The van der Waals surface area contributed by atoms with Crippen LogP contribution in [0.15, 0.2) is 136 Å². The van der Waals surface area contributed by atoms with Crippen LogP contribution in [0.4, 0.5) is 0 Å². The summed E-state index contributed by atoms with van der Waals surface area (Å²) in [4.78, 5) is 28.4. The van der Waals surface area contributed by atoms with E-state index in [1.54, 1.807) is 44.6 Å². The van der Waals surface area contributed by atoms with Crippen molar-refractivity contribution in [2.24, 2.45) is 0 Å². The van der Waals surface area contributed by atoms with E-state index in [2.05, 4.69) is 9.65 Å². The number of rotatable bonds is 15. The standard InChI is InChI=1S/C43H46N3O10PS/c1-51-33-19-15-31(16-20-33)43(30-10-5-3-6-11-30,32-17-21-34(52-2)22-18-32)53-28-39-38(26-35(54-39)27-45-41(47)23-24-44-42(45)48)55-57-46-25-9-14-37(46)40(56-57)29-58(49,50)36-12-7-4-8-13-36/h3-8,10-13,15-24,35,37-40H,9,14,25-29H2,1-2H3,(H,44,48)/t35-,37+,38+,39-,40-,57-/m1/s1. The van der Waals surface area contributed by atoms with Crippen molar-refractivity contribution in [1.29, 1.82) is 0 Å². The summed E-state index contributed by atoms with van der Waals surface area (Å²) in [7, 11) is -2.08. The van der Waals surface area contributed by atoms with Crippen LogP contribution in [0.5, 0.6) is 11.5 Å². The second-order valence-corrected chi connectivity index (χ2v) is 18.0. The van der Waals surface area contributed by atoms with Gasteiger partial charge in [0.05, 0.1) is 56.3 Å². The van der Waals surface area contributed by atoms with Gasteiger partial charge in [-0.15, -0.1) is 0 Å². The summed E-state index contributed by atoms with van der Waals surface area (Å²) in [6.45, 7) is 0.735. The average molecular weight is 828 g/mol. The first kappa shape index (κ1) is 40.1. The van der Waals surface area contributed by atoms with Crippen molar-refractivity contribution in [2.75, 3.05) is 33.1 Å². The minimum absolute atomic E-state index is 0.00474. The lowest BCUT2D eigenvalue weighted by Gasteiger charge is -2.37. The zero-order valence-corrected chi connectivity index (χ0v) is 33.9. The van der Waals surface area contributed by atoms with Crippen LogP contribution in [-0.4, -0.2) is 86.2 Å². The van der Waals surface area contributed by atoms with Gasteiger partial charge >= 0.3 is 5.69 Å². The van der Waals surface area contributed by atoms with E-state index in [4.69, 9.17) is 28.0 Å². The molecule has 0 spiro atoms. The first-order valence-electron chi connectivity index (χ1n) is 19.3. The monoisotopic (exact) mass is 827 g/mol. The molecule has 4 aromatic carbocycles. The van der Waals surface area contributed by atoms with Crippen molar-refractivity contribution in [3.8, 4) is 11.5 Å². The van der Waals surface area contributed by atoms with Crippen LogP contribution < -0.4 is 20.7 Å². The Morgan fingerprint density at radius 2 is 1.43 bits per heavy atom. The molecule has 0 amide bonds. The summed E-state index contributed by atoms with van der Waals surface area (Å²) in [5.74, 6) is 1.21. The lowest BCUT2D eigenvalue weighted by atomic mass is 9.80. The fourth-order valence-electron chi connectivity index (χ4n) is 8.17. The number of sulfone groups is 1. The van der Waals surface area contributed by atoms with Gasteiger partial charge < -0.3 is 33.0 Å². The summed E-state index contributed by atoms with van der Waals surface area (Å²) < 4.78 is 68.7. The van der Waals surface area contributed by atoms with Gasteiger partial charge in [-0.25, -0.2) is 17.9 Å². The van der Waals surface area contributed by atoms with Crippen molar-refractivity contribution >= 4 is 18.4 Å². The number of hydrogen-bond acceptors (Lipinski definition) is 11. The number of ether oxygens (including phenoxy) is 4. The first-order valence-corrected chi connectivity index (χ1v) is 22.1.